The Morgan fingerprint density at radius 1 is 1.18 bits per heavy atom. The molecule has 0 aliphatic carbocycles. The van der Waals surface area contributed by atoms with Crippen LogP contribution in [0.1, 0.15) is 30.9 Å². The number of nitrogens with zero attached hydrogens (tertiary/aromatic N) is 6. The fraction of sp³-hybridized carbons (Fsp3) is 0.600. The van der Waals surface area contributed by atoms with Gasteiger partial charge in [-0.3, -0.25) is 4.90 Å². The van der Waals surface area contributed by atoms with Crippen molar-refractivity contribution >= 4 is 5.82 Å². The van der Waals surface area contributed by atoms with E-state index in [9.17, 15) is 0 Å². The van der Waals surface area contributed by atoms with Crippen molar-refractivity contribution in [2.45, 2.75) is 44.8 Å². The number of aromatic nitrogens is 5. The van der Waals surface area contributed by atoms with Crippen LogP contribution in [0.2, 0.25) is 0 Å². The monoisotopic (exact) mass is 299 g/mol. The summed E-state index contributed by atoms with van der Waals surface area (Å²) >= 11 is 0. The maximum Gasteiger partial charge on any atom is 0.147 e. The summed E-state index contributed by atoms with van der Waals surface area (Å²) in [6.07, 6.45) is 7.91. The van der Waals surface area contributed by atoms with E-state index in [2.05, 4.69) is 34.9 Å². The highest BCUT2D eigenvalue weighted by molar-refractivity contribution is 5.33. The molecule has 1 fully saturated rings. The van der Waals surface area contributed by atoms with Crippen molar-refractivity contribution in [3.63, 3.8) is 0 Å². The normalized spacial score (nSPS) is 19.3. The van der Waals surface area contributed by atoms with Gasteiger partial charge >= 0.3 is 0 Å². The Labute approximate surface area is 129 Å². The zero-order valence-electron chi connectivity index (χ0n) is 12.6. The summed E-state index contributed by atoms with van der Waals surface area (Å²) in [6.45, 7) is 4.19. The molecule has 0 atom stereocenters. The number of piperidine rings is 1. The van der Waals surface area contributed by atoms with Crippen LogP contribution in [0.25, 0.3) is 0 Å². The Balaban J connectivity index is 1.30. The fourth-order valence-electron chi connectivity index (χ4n) is 3.35. The molecule has 1 N–H and O–H groups in total. The Morgan fingerprint density at radius 3 is 2.91 bits per heavy atom. The van der Waals surface area contributed by atoms with E-state index >= 15 is 0 Å². The van der Waals surface area contributed by atoms with Gasteiger partial charge in [0.05, 0.1) is 6.54 Å². The van der Waals surface area contributed by atoms with E-state index in [1.807, 2.05) is 6.07 Å². The lowest BCUT2D eigenvalue weighted by atomic mass is 10.1. The summed E-state index contributed by atoms with van der Waals surface area (Å²) in [5.41, 5.74) is 0. The van der Waals surface area contributed by atoms with Crippen LogP contribution in [0.15, 0.2) is 18.6 Å². The Bertz CT molecular complexity index is 616. The molecule has 1 saturated heterocycles. The number of nitrogens with one attached hydrogen (secondary N) is 1. The standard InChI is InChI=1S/C15H21N7/c1-2-14-19-20-15(22(14)7-1)10-21-8-4-12(5-9-21)18-13-3-6-16-11-17-13/h3,6,11-12H,1-2,4-5,7-10H2,(H,16,17,18). The number of likely N-dealkylation sites (tertiary alicyclic amines) is 1. The van der Waals surface area contributed by atoms with Crippen LogP contribution in [0.3, 0.4) is 0 Å². The SMILES string of the molecule is c1cc(NC2CCN(Cc3nnc4n3CCC4)CC2)ncn1. The maximum absolute atomic E-state index is 4.36. The molecule has 0 amide bonds. The van der Waals surface area contributed by atoms with Gasteiger partial charge in [-0.05, 0) is 25.3 Å². The summed E-state index contributed by atoms with van der Waals surface area (Å²) in [5, 5.41) is 12.1. The molecule has 2 aromatic rings. The molecule has 4 rings (SSSR count). The lowest BCUT2D eigenvalue weighted by Gasteiger charge is -2.32. The van der Waals surface area contributed by atoms with Gasteiger partial charge in [0.1, 0.15) is 23.8 Å². The van der Waals surface area contributed by atoms with E-state index in [1.165, 1.54) is 6.42 Å². The number of fused-ring (bicyclic) bond motifs is 1. The molecule has 0 spiro atoms. The van der Waals surface area contributed by atoms with Gasteiger partial charge in [-0.15, -0.1) is 10.2 Å². The minimum atomic E-state index is 0.496. The second kappa shape index (κ2) is 6.00. The summed E-state index contributed by atoms with van der Waals surface area (Å²) in [4.78, 5) is 10.7. The summed E-state index contributed by atoms with van der Waals surface area (Å²) in [6, 6.07) is 2.42. The fourth-order valence-corrected chi connectivity index (χ4v) is 3.35. The van der Waals surface area contributed by atoms with Crippen molar-refractivity contribution in [3.8, 4) is 0 Å². The number of anilines is 1. The van der Waals surface area contributed by atoms with Crippen molar-refractivity contribution in [3.05, 3.63) is 30.2 Å². The molecule has 0 radical (unpaired) electrons. The minimum absolute atomic E-state index is 0.496. The highest BCUT2D eigenvalue weighted by Gasteiger charge is 2.23. The van der Waals surface area contributed by atoms with Crippen LogP contribution in [-0.2, 0) is 19.5 Å². The minimum Gasteiger partial charge on any atom is -0.367 e. The predicted octanol–water partition coefficient (Wildman–Crippen LogP) is 1.09. The average molecular weight is 299 g/mol. The van der Waals surface area contributed by atoms with E-state index in [-0.39, 0.29) is 0 Å². The van der Waals surface area contributed by atoms with Gasteiger partial charge in [0.25, 0.3) is 0 Å². The average Bonchev–Trinajstić information content (AvgIpc) is 3.15. The molecule has 2 aliphatic heterocycles. The van der Waals surface area contributed by atoms with Gasteiger partial charge in [-0.1, -0.05) is 0 Å². The largest absolute Gasteiger partial charge is 0.367 e. The van der Waals surface area contributed by atoms with Crippen LogP contribution in [0, 0.1) is 0 Å². The first-order valence-electron chi connectivity index (χ1n) is 8.04. The van der Waals surface area contributed by atoms with Gasteiger partial charge < -0.3 is 9.88 Å². The van der Waals surface area contributed by atoms with Crippen LogP contribution in [0.5, 0.6) is 0 Å². The number of hydrogen-bond donors (Lipinski definition) is 1. The second-order valence-electron chi connectivity index (χ2n) is 6.08. The van der Waals surface area contributed by atoms with Gasteiger partial charge in [-0.25, -0.2) is 9.97 Å². The molecule has 0 aromatic carbocycles. The van der Waals surface area contributed by atoms with Crippen LogP contribution in [0.4, 0.5) is 5.82 Å². The molecule has 116 valence electrons. The Morgan fingerprint density at radius 2 is 2.09 bits per heavy atom. The maximum atomic E-state index is 4.36. The Hall–Kier alpha value is -2.02. The Kier molecular flexibility index (Phi) is 3.72. The molecule has 2 aromatic heterocycles. The highest BCUT2D eigenvalue weighted by Crippen LogP contribution is 2.19. The third-order valence-electron chi connectivity index (χ3n) is 4.57. The number of hydrogen-bond acceptors (Lipinski definition) is 6. The van der Waals surface area contributed by atoms with Gasteiger partial charge in [-0.2, -0.15) is 0 Å². The van der Waals surface area contributed by atoms with Crippen LogP contribution < -0.4 is 5.32 Å². The van der Waals surface area contributed by atoms with E-state index in [4.69, 9.17) is 0 Å². The van der Waals surface area contributed by atoms with Gasteiger partial charge in [0.2, 0.25) is 0 Å². The lowest BCUT2D eigenvalue weighted by molar-refractivity contribution is 0.204. The third kappa shape index (κ3) is 2.81. The predicted molar refractivity (Wildman–Crippen MR) is 82.3 cm³/mol. The van der Waals surface area contributed by atoms with Gasteiger partial charge in [0.15, 0.2) is 0 Å². The molecule has 2 aliphatic rings. The molecule has 4 heterocycles. The lowest BCUT2D eigenvalue weighted by Crippen LogP contribution is -2.39. The summed E-state index contributed by atoms with van der Waals surface area (Å²) in [5.74, 6) is 3.22. The number of aryl methyl sites for hydroxylation is 1. The molecular formula is C15H21N7. The smallest absolute Gasteiger partial charge is 0.147 e. The van der Waals surface area contributed by atoms with Crippen LogP contribution >= 0.6 is 0 Å². The molecule has 0 saturated carbocycles. The van der Waals surface area contributed by atoms with E-state index in [1.54, 1.807) is 12.5 Å². The molecule has 22 heavy (non-hydrogen) atoms. The molecule has 0 unspecified atom stereocenters. The zero-order valence-corrected chi connectivity index (χ0v) is 12.6. The molecule has 0 bridgehead atoms. The molecule has 7 heteroatoms. The zero-order chi connectivity index (χ0) is 14.8. The third-order valence-corrected chi connectivity index (χ3v) is 4.57. The second-order valence-corrected chi connectivity index (χ2v) is 6.08. The van der Waals surface area contributed by atoms with Crippen molar-refractivity contribution < 1.29 is 0 Å². The van der Waals surface area contributed by atoms with Crippen molar-refractivity contribution in [1.29, 1.82) is 0 Å². The first kappa shape index (κ1) is 13.6. The molecule has 7 nitrogen and oxygen atoms in total. The quantitative estimate of drug-likeness (QED) is 0.911. The first-order chi connectivity index (χ1) is 10.9. The van der Waals surface area contributed by atoms with E-state index in [0.717, 1.165) is 62.9 Å². The highest BCUT2D eigenvalue weighted by atomic mass is 15.3. The van der Waals surface area contributed by atoms with Crippen LogP contribution in [-0.4, -0.2) is 48.8 Å². The van der Waals surface area contributed by atoms with E-state index < -0.39 is 0 Å². The first-order valence-corrected chi connectivity index (χ1v) is 8.04. The van der Waals surface area contributed by atoms with E-state index in [0.29, 0.717) is 6.04 Å². The summed E-state index contributed by atoms with van der Waals surface area (Å²) in [7, 11) is 0. The van der Waals surface area contributed by atoms with Crippen molar-refractivity contribution in [2.75, 3.05) is 18.4 Å². The molecular weight excluding hydrogens is 278 g/mol. The van der Waals surface area contributed by atoms with Gasteiger partial charge in [0, 0.05) is 38.3 Å². The van der Waals surface area contributed by atoms with Crippen molar-refractivity contribution in [1.82, 2.24) is 29.6 Å². The summed E-state index contributed by atoms with van der Waals surface area (Å²) < 4.78 is 2.30. The van der Waals surface area contributed by atoms with Crippen molar-refractivity contribution in [2.24, 2.45) is 0 Å². The number of rotatable bonds is 4. The topological polar surface area (TPSA) is 71.8 Å².